The average molecular weight is 772 g/mol. The maximum Gasteiger partial charge on any atom is 0.306 e. The van der Waals surface area contributed by atoms with Crippen LogP contribution in [0.5, 0.6) is 5.75 Å². The minimum atomic E-state index is -4.31. The van der Waals surface area contributed by atoms with Crippen molar-refractivity contribution >= 4 is 47.7 Å². The van der Waals surface area contributed by atoms with Crippen molar-refractivity contribution in [2.75, 3.05) is 44.8 Å². The van der Waals surface area contributed by atoms with E-state index in [1.54, 1.807) is 18.2 Å². The fraction of sp³-hybridized carbons (Fsp3) is 0.590. The van der Waals surface area contributed by atoms with E-state index < -0.39 is 30.4 Å². The predicted octanol–water partition coefficient (Wildman–Crippen LogP) is 7.03. The molecule has 4 atom stereocenters. The van der Waals surface area contributed by atoms with E-state index in [0.717, 1.165) is 53.7 Å². The van der Waals surface area contributed by atoms with Crippen LogP contribution in [0.15, 0.2) is 48.6 Å². The predicted molar refractivity (Wildman–Crippen MR) is 207 cm³/mol. The number of anilines is 1. The average Bonchev–Trinajstić information content (AvgIpc) is 3.21. The molecule has 284 valence electrons. The lowest BCUT2D eigenvalue weighted by atomic mass is 9.68. The van der Waals surface area contributed by atoms with Gasteiger partial charge in [-0.05, 0) is 110 Å². The highest BCUT2D eigenvalue weighted by Gasteiger charge is 2.47. The topological polar surface area (TPSA) is 114 Å². The van der Waals surface area contributed by atoms with Gasteiger partial charge in [-0.15, -0.1) is 0 Å². The molecule has 6 rings (SSSR count). The van der Waals surface area contributed by atoms with Crippen LogP contribution >= 0.6 is 11.6 Å². The Labute approximate surface area is 315 Å². The first-order valence-electron chi connectivity index (χ1n) is 18.6. The summed E-state index contributed by atoms with van der Waals surface area (Å²) in [5.41, 5.74) is 3.21. The second-order valence-corrected chi connectivity index (χ2v) is 23.4. The van der Waals surface area contributed by atoms with Crippen LogP contribution in [0.1, 0.15) is 80.8 Å². The van der Waals surface area contributed by atoms with Gasteiger partial charge < -0.3 is 18.8 Å². The molecule has 2 aromatic rings. The summed E-state index contributed by atoms with van der Waals surface area (Å²) in [6, 6.07) is 11.4. The quantitative estimate of drug-likeness (QED) is 0.196. The molecule has 1 saturated carbocycles. The second kappa shape index (κ2) is 15.1. The number of nitrogens with one attached hydrogen (secondary N) is 1. The summed E-state index contributed by atoms with van der Waals surface area (Å²) in [6.07, 6.45) is 9.26. The number of aryl methyl sites for hydroxylation is 1. The third-order valence-corrected chi connectivity index (χ3v) is 18.3. The van der Waals surface area contributed by atoms with Gasteiger partial charge in [0.2, 0.25) is 0 Å². The molecule has 2 bridgehead atoms. The van der Waals surface area contributed by atoms with Crippen LogP contribution in [-0.2, 0) is 36.0 Å². The molecular weight excluding hydrogens is 718 g/mol. The van der Waals surface area contributed by atoms with Crippen molar-refractivity contribution < 1.29 is 31.9 Å². The monoisotopic (exact) mass is 771 g/mol. The number of fused-ring (bicyclic) bond motifs is 4. The van der Waals surface area contributed by atoms with E-state index in [2.05, 4.69) is 61.7 Å². The number of hydrogen-bond donors (Lipinski definition) is 1. The maximum atomic E-state index is 13.7. The van der Waals surface area contributed by atoms with Crippen molar-refractivity contribution in [2.45, 2.75) is 95.4 Å². The smallest absolute Gasteiger partial charge is 0.306 e. The largest absolute Gasteiger partial charge is 0.490 e. The zero-order chi connectivity index (χ0) is 37.5. The standard InChI is InChI=1S/C39H54ClN3O7SSi/c1-38(2,3)52(5,6)50-34-11-7-8-20-43(21-18-36(44)48-4)51(46,47)41-37(45)28-13-17-35-33(23-28)42(24-29-12-15-31(29)34)25-39(26-49-35)19-9-10-27-22-30(40)14-16-32(27)39/h7,11,13-14,16-17,22-23,29,31,34H,8-10,12,15,18-21,24-26H2,1-6H3,(H,41,45)/b11-7+/t29-,31+,34-,39-/m0/s1. The Hall–Kier alpha value is -2.90. The van der Waals surface area contributed by atoms with Gasteiger partial charge in [0.1, 0.15) is 5.75 Å². The minimum Gasteiger partial charge on any atom is -0.490 e. The van der Waals surface area contributed by atoms with Crippen molar-refractivity contribution in [1.29, 1.82) is 0 Å². The van der Waals surface area contributed by atoms with Crippen molar-refractivity contribution in [3.05, 3.63) is 70.3 Å². The minimum absolute atomic E-state index is 0.00737. The zero-order valence-electron chi connectivity index (χ0n) is 31.4. The van der Waals surface area contributed by atoms with Crippen LogP contribution in [0.4, 0.5) is 5.69 Å². The molecule has 0 aromatic heterocycles. The van der Waals surface area contributed by atoms with Crippen molar-refractivity contribution in [3.63, 3.8) is 0 Å². The molecule has 10 nitrogen and oxygen atoms in total. The third kappa shape index (κ3) is 8.11. The van der Waals surface area contributed by atoms with Gasteiger partial charge >= 0.3 is 16.2 Å². The highest BCUT2D eigenvalue weighted by Crippen LogP contribution is 2.48. The van der Waals surface area contributed by atoms with Crippen molar-refractivity contribution in [3.8, 4) is 5.75 Å². The fourth-order valence-corrected chi connectivity index (χ4v) is 10.6. The number of carbonyl (C=O) groups excluding carboxylic acids is 2. The fourth-order valence-electron chi connectivity index (χ4n) is 7.94. The number of methoxy groups -OCH3 is 1. The van der Waals surface area contributed by atoms with Gasteiger partial charge in [-0.3, -0.25) is 9.59 Å². The van der Waals surface area contributed by atoms with E-state index in [1.807, 2.05) is 12.1 Å². The molecule has 0 saturated heterocycles. The zero-order valence-corrected chi connectivity index (χ0v) is 33.9. The molecule has 1 amide bonds. The Bertz CT molecular complexity index is 1810. The summed E-state index contributed by atoms with van der Waals surface area (Å²) < 4.78 is 49.4. The van der Waals surface area contributed by atoms with Crippen molar-refractivity contribution in [1.82, 2.24) is 9.03 Å². The van der Waals surface area contributed by atoms with Gasteiger partial charge in [0.05, 0.1) is 31.9 Å². The number of benzene rings is 2. The summed E-state index contributed by atoms with van der Waals surface area (Å²) in [5.74, 6) is -0.00390. The first-order valence-corrected chi connectivity index (χ1v) is 23.3. The number of nitrogens with zero attached hydrogens (tertiary/aromatic N) is 2. The first-order chi connectivity index (χ1) is 24.5. The molecule has 1 fully saturated rings. The highest BCUT2D eigenvalue weighted by atomic mass is 35.5. The lowest BCUT2D eigenvalue weighted by molar-refractivity contribution is -0.140. The normalized spacial score (nSPS) is 27.2. The van der Waals surface area contributed by atoms with Crippen LogP contribution < -0.4 is 14.4 Å². The lowest BCUT2D eigenvalue weighted by Crippen LogP contribution is -2.52. The molecule has 2 aromatic carbocycles. The number of rotatable bonds is 5. The summed E-state index contributed by atoms with van der Waals surface area (Å²) >= 11 is 6.47. The first kappa shape index (κ1) is 38.8. The van der Waals surface area contributed by atoms with E-state index in [9.17, 15) is 18.0 Å². The second-order valence-electron chi connectivity index (χ2n) is 16.5. The summed E-state index contributed by atoms with van der Waals surface area (Å²) in [5, 5.41) is 0.735. The molecule has 52 heavy (non-hydrogen) atoms. The van der Waals surface area contributed by atoms with Gasteiger partial charge in [0.15, 0.2) is 8.32 Å². The number of amides is 1. The molecule has 2 aliphatic carbocycles. The number of ether oxygens (including phenoxy) is 2. The third-order valence-electron chi connectivity index (χ3n) is 12.1. The highest BCUT2D eigenvalue weighted by molar-refractivity contribution is 7.87. The molecular formula is C39H54ClN3O7SSi. The molecule has 2 aliphatic heterocycles. The number of hydrogen-bond acceptors (Lipinski definition) is 8. The van der Waals surface area contributed by atoms with Crippen LogP contribution in [0.3, 0.4) is 0 Å². The molecule has 0 unspecified atom stereocenters. The van der Waals surface area contributed by atoms with Gasteiger partial charge in [0.25, 0.3) is 5.91 Å². The summed E-state index contributed by atoms with van der Waals surface area (Å²) in [6.45, 7) is 13.2. The van der Waals surface area contributed by atoms with E-state index in [1.165, 1.54) is 18.2 Å². The maximum absolute atomic E-state index is 13.7. The van der Waals surface area contributed by atoms with Gasteiger partial charge in [-0.25, -0.2) is 4.72 Å². The van der Waals surface area contributed by atoms with Crippen molar-refractivity contribution in [2.24, 2.45) is 11.8 Å². The number of carbonyl (C=O) groups is 2. The van der Waals surface area contributed by atoms with E-state index >= 15 is 0 Å². The molecule has 0 radical (unpaired) electrons. The number of halogens is 1. The summed E-state index contributed by atoms with van der Waals surface area (Å²) in [4.78, 5) is 28.1. The molecule has 1 spiro atoms. The SMILES string of the molecule is COC(=O)CCN1CC/C=C/[C@H](O[Si](C)(C)C(C)(C)C)[C@@H]2CC[C@H]2CN2C[C@@]3(CCCc4cc(Cl)ccc43)COc3ccc(cc32)C(=O)NS1(=O)=O. The van der Waals surface area contributed by atoms with E-state index in [-0.39, 0.29) is 47.5 Å². The van der Waals surface area contributed by atoms with Gasteiger partial charge in [-0.2, -0.15) is 12.7 Å². The Kier molecular flexibility index (Phi) is 11.3. The Morgan fingerprint density at radius 1 is 1.15 bits per heavy atom. The van der Waals surface area contributed by atoms with Gasteiger partial charge in [-0.1, -0.05) is 50.6 Å². The number of esters is 1. The van der Waals surface area contributed by atoms with Gasteiger partial charge in [0, 0.05) is 42.2 Å². The molecule has 13 heteroatoms. The van der Waals surface area contributed by atoms with Crippen LogP contribution in [0.25, 0.3) is 0 Å². The molecule has 1 N–H and O–H groups in total. The van der Waals surface area contributed by atoms with Crippen LogP contribution in [0, 0.1) is 11.8 Å². The Morgan fingerprint density at radius 2 is 1.94 bits per heavy atom. The molecule has 2 heterocycles. The van der Waals surface area contributed by atoms with Crippen LogP contribution in [0.2, 0.25) is 23.2 Å². The molecule has 4 aliphatic rings. The Balaban J connectivity index is 1.42. The van der Waals surface area contributed by atoms with Crippen LogP contribution in [-0.4, -0.2) is 78.9 Å². The Morgan fingerprint density at radius 3 is 2.65 bits per heavy atom. The van der Waals surface area contributed by atoms with E-state index in [4.69, 9.17) is 25.5 Å². The van der Waals surface area contributed by atoms with E-state index in [0.29, 0.717) is 31.2 Å². The lowest BCUT2D eigenvalue weighted by Gasteiger charge is -2.48. The summed E-state index contributed by atoms with van der Waals surface area (Å²) in [7, 11) is -5.23.